The van der Waals surface area contributed by atoms with Crippen LogP contribution < -0.4 is 29.6 Å². The second-order valence-corrected chi connectivity index (χ2v) is 0.715. The molecule has 1 aliphatic rings. The first-order valence-electron chi connectivity index (χ1n) is 1.02. The Morgan fingerprint density at radius 2 is 1.43 bits per heavy atom. The maximum absolute atomic E-state index is 7.74. The smallest absolute Gasteiger partial charge is 1.00 e. The van der Waals surface area contributed by atoms with Crippen molar-refractivity contribution in [2.75, 3.05) is 0 Å². The topological polar surface area (TPSA) is 65.5 Å². The standard InChI is InChI=1S/CH2O4.Mn.Na.H/c2-1(3)4-5-1;;;/h2-3H;;;/q;;+1;-1. The summed E-state index contributed by atoms with van der Waals surface area (Å²) in [6.45, 7) is 0. The molecule has 1 saturated heterocycles. The zero-order valence-electron chi connectivity index (χ0n) is 4.59. The molecule has 1 aliphatic heterocycles. The van der Waals surface area contributed by atoms with Gasteiger partial charge in [-0.2, -0.15) is 0 Å². The van der Waals surface area contributed by atoms with Gasteiger partial charge >= 0.3 is 35.7 Å². The van der Waals surface area contributed by atoms with Crippen LogP contribution in [0.2, 0.25) is 0 Å². The molecule has 0 bridgehead atoms. The predicted molar refractivity (Wildman–Crippen MR) is 10.5 cm³/mol. The van der Waals surface area contributed by atoms with Gasteiger partial charge in [0.1, 0.15) is 0 Å². The van der Waals surface area contributed by atoms with E-state index in [4.69, 9.17) is 10.2 Å². The summed E-state index contributed by atoms with van der Waals surface area (Å²) in [5.41, 5.74) is 0. The number of aliphatic hydroxyl groups is 2. The second kappa shape index (κ2) is 3.40. The maximum atomic E-state index is 7.74. The van der Waals surface area contributed by atoms with E-state index in [1.165, 1.54) is 0 Å². The fourth-order valence-electron chi connectivity index (χ4n) is 0.0373. The van der Waals surface area contributed by atoms with Crippen LogP contribution in [0.1, 0.15) is 1.43 Å². The maximum Gasteiger partial charge on any atom is 1.00 e. The van der Waals surface area contributed by atoms with Gasteiger partial charge < -0.3 is 11.6 Å². The zero-order valence-corrected chi connectivity index (χ0v) is 6.77. The van der Waals surface area contributed by atoms with Gasteiger partial charge in [0.05, 0.1) is 0 Å². The van der Waals surface area contributed by atoms with Crippen molar-refractivity contribution in [2.24, 2.45) is 0 Å². The molecular formula is CH3MnNaO4. The van der Waals surface area contributed by atoms with Gasteiger partial charge in [-0.25, -0.2) is 0 Å². The van der Waals surface area contributed by atoms with E-state index in [0.29, 0.717) is 0 Å². The van der Waals surface area contributed by atoms with Gasteiger partial charge in [-0.15, -0.1) is 9.78 Å². The third-order valence-corrected chi connectivity index (χ3v) is 0.232. The van der Waals surface area contributed by atoms with Crippen LogP contribution >= 0.6 is 0 Å². The molecule has 0 aromatic heterocycles. The first kappa shape index (κ1) is 11.2. The van der Waals surface area contributed by atoms with Crippen LogP contribution in [0, 0.1) is 0 Å². The summed E-state index contributed by atoms with van der Waals surface area (Å²) in [4.78, 5) is 7.01. The largest absolute Gasteiger partial charge is 1.00 e. The van der Waals surface area contributed by atoms with Gasteiger partial charge in [0.15, 0.2) is 0 Å². The minimum atomic E-state index is -2.25. The monoisotopic (exact) mass is 157 g/mol. The van der Waals surface area contributed by atoms with Gasteiger partial charge in [0.2, 0.25) is 0 Å². The number of hydrogen-bond donors (Lipinski definition) is 2. The van der Waals surface area contributed by atoms with E-state index in [1.54, 1.807) is 0 Å². The molecule has 0 saturated carbocycles. The summed E-state index contributed by atoms with van der Waals surface area (Å²) in [5, 5.41) is 15.5. The van der Waals surface area contributed by atoms with Crippen molar-refractivity contribution < 1.29 is 68.0 Å². The Kier molecular flexibility index (Phi) is 5.43. The molecule has 0 atom stereocenters. The molecule has 0 aliphatic carbocycles. The quantitative estimate of drug-likeness (QED) is 0.161. The van der Waals surface area contributed by atoms with Crippen LogP contribution in [0.4, 0.5) is 0 Å². The van der Waals surface area contributed by atoms with E-state index in [0.717, 1.165) is 0 Å². The Bertz CT molecular complexity index is 54.0. The summed E-state index contributed by atoms with van der Waals surface area (Å²) in [5.74, 6) is 0. The minimum Gasteiger partial charge on any atom is -1.00 e. The minimum absolute atomic E-state index is 0. The van der Waals surface area contributed by atoms with E-state index in [1.807, 2.05) is 0 Å². The first-order valence-corrected chi connectivity index (χ1v) is 1.02. The SMILES string of the molecule is OC1(O)OO1.[H-].[Mn].[Na+]. The fourth-order valence-corrected chi connectivity index (χ4v) is 0.0373. The predicted octanol–water partition coefficient (Wildman–Crippen LogP) is -4.34. The molecule has 0 spiro atoms. The second-order valence-electron chi connectivity index (χ2n) is 0.715. The van der Waals surface area contributed by atoms with Gasteiger partial charge in [0.25, 0.3) is 0 Å². The Morgan fingerprint density at radius 1 is 1.29 bits per heavy atom. The van der Waals surface area contributed by atoms with Crippen molar-refractivity contribution in [2.45, 2.75) is 6.16 Å². The molecule has 6 heteroatoms. The Morgan fingerprint density at radius 3 is 1.43 bits per heavy atom. The molecule has 1 radical (unpaired) electrons. The normalized spacial score (nSPS) is 21.4. The molecule has 1 heterocycles. The van der Waals surface area contributed by atoms with Crippen LogP contribution in [0.15, 0.2) is 0 Å². The van der Waals surface area contributed by atoms with E-state index >= 15 is 0 Å². The number of rotatable bonds is 0. The Balaban J connectivity index is -0.0000000833. The van der Waals surface area contributed by atoms with Gasteiger partial charge in [0, 0.05) is 17.1 Å². The average Bonchev–Trinajstić information content (AvgIpc) is 1.76. The molecule has 0 aromatic carbocycles. The summed E-state index contributed by atoms with van der Waals surface area (Å²) < 4.78 is 0. The molecule has 7 heavy (non-hydrogen) atoms. The van der Waals surface area contributed by atoms with Crippen molar-refractivity contribution in [1.82, 2.24) is 0 Å². The van der Waals surface area contributed by atoms with Crippen LogP contribution in [0.5, 0.6) is 0 Å². The van der Waals surface area contributed by atoms with Crippen LogP contribution in [0.3, 0.4) is 0 Å². The molecule has 2 N–H and O–H groups in total. The van der Waals surface area contributed by atoms with Gasteiger partial charge in [-0.05, 0) is 0 Å². The summed E-state index contributed by atoms with van der Waals surface area (Å²) in [7, 11) is 0. The van der Waals surface area contributed by atoms with E-state index in [-0.39, 0.29) is 48.1 Å². The van der Waals surface area contributed by atoms with Crippen molar-refractivity contribution in [3.05, 3.63) is 0 Å². The molecule has 0 aromatic rings. The number of hydrogen-bond acceptors (Lipinski definition) is 4. The van der Waals surface area contributed by atoms with Crippen molar-refractivity contribution in [3.63, 3.8) is 0 Å². The summed E-state index contributed by atoms with van der Waals surface area (Å²) >= 11 is 0. The van der Waals surface area contributed by atoms with E-state index < -0.39 is 6.16 Å². The van der Waals surface area contributed by atoms with Crippen molar-refractivity contribution in [1.29, 1.82) is 0 Å². The van der Waals surface area contributed by atoms with E-state index in [2.05, 4.69) is 9.78 Å². The average molecular weight is 157 g/mol. The van der Waals surface area contributed by atoms with Crippen LogP contribution in [0.25, 0.3) is 0 Å². The van der Waals surface area contributed by atoms with Crippen molar-refractivity contribution >= 4 is 0 Å². The zero-order chi connectivity index (χ0) is 3.91. The van der Waals surface area contributed by atoms with Crippen LogP contribution in [-0.2, 0) is 26.8 Å². The third kappa shape index (κ3) is 5.23. The van der Waals surface area contributed by atoms with E-state index in [9.17, 15) is 0 Å². The Labute approximate surface area is 74.0 Å². The summed E-state index contributed by atoms with van der Waals surface area (Å²) in [6, 6.07) is 0. The van der Waals surface area contributed by atoms with Gasteiger partial charge in [-0.1, -0.05) is 0 Å². The van der Waals surface area contributed by atoms with Gasteiger partial charge in [-0.3, -0.25) is 0 Å². The fraction of sp³-hybridized carbons (Fsp3) is 1.00. The molecular weight excluding hydrogens is 154 g/mol. The Hall–Kier alpha value is 1.36. The molecule has 1 fully saturated rings. The summed E-state index contributed by atoms with van der Waals surface area (Å²) in [6.07, 6.45) is -2.25. The molecule has 39 valence electrons. The van der Waals surface area contributed by atoms with Crippen LogP contribution in [-0.4, -0.2) is 16.4 Å². The third-order valence-electron chi connectivity index (χ3n) is 0.232. The molecule has 0 amide bonds. The molecule has 4 nitrogen and oxygen atoms in total. The first-order chi connectivity index (χ1) is 2.21. The molecule has 0 unspecified atom stereocenters. The van der Waals surface area contributed by atoms with Crippen molar-refractivity contribution in [3.8, 4) is 0 Å². The molecule has 1 rings (SSSR count).